The van der Waals surface area contributed by atoms with E-state index in [-0.39, 0.29) is 18.4 Å². The number of benzene rings is 1. The Hall–Kier alpha value is -2.67. The molecule has 0 fully saturated rings. The highest BCUT2D eigenvalue weighted by molar-refractivity contribution is 6.04. The van der Waals surface area contributed by atoms with Gasteiger partial charge in [-0.25, -0.2) is 0 Å². The van der Waals surface area contributed by atoms with Crippen molar-refractivity contribution in [1.29, 1.82) is 0 Å². The number of amides is 2. The molecule has 3 N–H and O–H groups in total. The van der Waals surface area contributed by atoms with Crippen molar-refractivity contribution < 1.29 is 9.59 Å². The quantitative estimate of drug-likeness (QED) is 0.766. The molecule has 7 nitrogen and oxygen atoms in total. The third-order valence-electron chi connectivity index (χ3n) is 3.57. The molecule has 0 saturated carbocycles. The van der Waals surface area contributed by atoms with Gasteiger partial charge in [-0.15, -0.1) is 0 Å². The molecule has 0 unspecified atom stereocenters. The largest absolute Gasteiger partial charge is 0.358 e. The molecule has 114 valence electrons. The Bertz CT molecular complexity index is 722. The SMILES string of the molecule is CNC(=O)Cn1cc(NC(=O)c2ccc3c(c2)CNC3)cn1. The van der Waals surface area contributed by atoms with Gasteiger partial charge in [0.05, 0.1) is 11.9 Å². The molecule has 2 amide bonds. The van der Waals surface area contributed by atoms with Crippen molar-refractivity contribution in [2.45, 2.75) is 19.6 Å². The maximum absolute atomic E-state index is 12.3. The molecule has 3 rings (SSSR count). The highest BCUT2D eigenvalue weighted by atomic mass is 16.2. The van der Waals surface area contributed by atoms with E-state index in [4.69, 9.17) is 0 Å². The van der Waals surface area contributed by atoms with Gasteiger partial charge in [-0.3, -0.25) is 14.3 Å². The monoisotopic (exact) mass is 299 g/mol. The Morgan fingerprint density at radius 1 is 1.32 bits per heavy atom. The second-order valence-corrected chi connectivity index (χ2v) is 5.14. The summed E-state index contributed by atoms with van der Waals surface area (Å²) in [5.41, 5.74) is 3.56. The third kappa shape index (κ3) is 2.99. The van der Waals surface area contributed by atoms with E-state index in [0.717, 1.165) is 18.7 Å². The van der Waals surface area contributed by atoms with E-state index >= 15 is 0 Å². The lowest BCUT2D eigenvalue weighted by molar-refractivity contribution is -0.121. The van der Waals surface area contributed by atoms with Crippen LogP contribution in [0.4, 0.5) is 5.69 Å². The summed E-state index contributed by atoms with van der Waals surface area (Å²) in [7, 11) is 1.57. The first-order chi connectivity index (χ1) is 10.7. The summed E-state index contributed by atoms with van der Waals surface area (Å²) in [5, 5.41) is 12.6. The van der Waals surface area contributed by atoms with Crippen LogP contribution in [0.15, 0.2) is 30.6 Å². The zero-order chi connectivity index (χ0) is 15.5. The number of carbonyl (C=O) groups excluding carboxylic acids is 2. The van der Waals surface area contributed by atoms with Gasteiger partial charge in [-0.2, -0.15) is 5.10 Å². The highest BCUT2D eigenvalue weighted by Gasteiger charge is 2.14. The smallest absolute Gasteiger partial charge is 0.255 e. The Kier molecular flexibility index (Phi) is 3.88. The zero-order valence-electron chi connectivity index (χ0n) is 12.2. The molecule has 0 radical (unpaired) electrons. The maximum atomic E-state index is 12.3. The molecular weight excluding hydrogens is 282 g/mol. The minimum atomic E-state index is -0.186. The average Bonchev–Trinajstić information content (AvgIpc) is 3.15. The lowest BCUT2D eigenvalue weighted by Crippen LogP contribution is -2.23. The van der Waals surface area contributed by atoms with E-state index < -0.39 is 0 Å². The number of anilines is 1. The van der Waals surface area contributed by atoms with Gasteiger partial charge in [0.15, 0.2) is 0 Å². The highest BCUT2D eigenvalue weighted by Crippen LogP contribution is 2.18. The molecule has 2 heterocycles. The van der Waals surface area contributed by atoms with Crippen LogP contribution in [0.3, 0.4) is 0 Å². The number of aromatic nitrogens is 2. The van der Waals surface area contributed by atoms with Crippen LogP contribution in [-0.4, -0.2) is 28.6 Å². The lowest BCUT2D eigenvalue weighted by atomic mass is 10.1. The van der Waals surface area contributed by atoms with E-state index in [2.05, 4.69) is 21.0 Å². The molecule has 1 aliphatic heterocycles. The van der Waals surface area contributed by atoms with Crippen LogP contribution in [-0.2, 0) is 24.4 Å². The van der Waals surface area contributed by atoms with E-state index in [0.29, 0.717) is 11.3 Å². The molecule has 1 aromatic heterocycles. The summed E-state index contributed by atoms with van der Waals surface area (Å²) in [4.78, 5) is 23.5. The van der Waals surface area contributed by atoms with E-state index in [1.807, 2.05) is 18.2 Å². The lowest BCUT2D eigenvalue weighted by Gasteiger charge is -2.05. The molecule has 1 aliphatic rings. The first kappa shape index (κ1) is 14.3. The van der Waals surface area contributed by atoms with E-state index in [1.165, 1.54) is 16.4 Å². The number of hydrogen-bond donors (Lipinski definition) is 3. The standard InChI is InChI=1S/C15H17N5O2/c1-16-14(21)9-20-8-13(7-18-20)19-15(22)10-2-3-11-5-17-6-12(11)4-10/h2-4,7-8,17H,5-6,9H2,1H3,(H,16,21)(H,19,22). The summed E-state index contributed by atoms with van der Waals surface area (Å²) < 4.78 is 1.47. The molecule has 7 heteroatoms. The van der Waals surface area contributed by atoms with Crippen molar-refractivity contribution in [3.05, 3.63) is 47.3 Å². The van der Waals surface area contributed by atoms with Crippen molar-refractivity contribution in [2.24, 2.45) is 0 Å². The third-order valence-corrected chi connectivity index (χ3v) is 3.57. The number of likely N-dealkylation sites (N-methyl/N-ethyl adjacent to an activating group) is 1. The molecule has 1 aromatic carbocycles. The number of rotatable bonds is 4. The summed E-state index contributed by atoms with van der Waals surface area (Å²) in [6, 6.07) is 5.69. The Morgan fingerprint density at radius 2 is 2.14 bits per heavy atom. The second kappa shape index (κ2) is 5.98. The predicted octanol–water partition coefficient (Wildman–Crippen LogP) is 0.485. The predicted molar refractivity (Wildman–Crippen MR) is 81.2 cm³/mol. The molecular formula is C15H17N5O2. The van der Waals surface area contributed by atoms with Crippen LogP contribution >= 0.6 is 0 Å². The van der Waals surface area contributed by atoms with Crippen LogP contribution in [0.2, 0.25) is 0 Å². The van der Waals surface area contributed by atoms with Crippen molar-refractivity contribution in [3.8, 4) is 0 Å². The summed E-state index contributed by atoms with van der Waals surface area (Å²) in [5.74, 6) is -0.332. The molecule has 0 saturated heterocycles. The van der Waals surface area contributed by atoms with E-state index in [1.54, 1.807) is 13.2 Å². The van der Waals surface area contributed by atoms with Crippen molar-refractivity contribution in [3.63, 3.8) is 0 Å². The van der Waals surface area contributed by atoms with Gasteiger partial charge < -0.3 is 16.0 Å². The topological polar surface area (TPSA) is 88.0 Å². The summed E-state index contributed by atoms with van der Waals surface area (Å²) in [6.45, 7) is 1.76. The van der Waals surface area contributed by atoms with Gasteiger partial charge in [0.25, 0.3) is 5.91 Å². The van der Waals surface area contributed by atoms with Gasteiger partial charge >= 0.3 is 0 Å². The fourth-order valence-electron chi connectivity index (χ4n) is 2.38. The minimum Gasteiger partial charge on any atom is -0.358 e. The molecule has 0 aliphatic carbocycles. The van der Waals surface area contributed by atoms with Crippen LogP contribution in [0.25, 0.3) is 0 Å². The van der Waals surface area contributed by atoms with Gasteiger partial charge in [0.1, 0.15) is 6.54 Å². The van der Waals surface area contributed by atoms with Crippen molar-refractivity contribution in [1.82, 2.24) is 20.4 Å². The van der Waals surface area contributed by atoms with Gasteiger partial charge in [0, 0.05) is 31.9 Å². The number of fused-ring (bicyclic) bond motifs is 1. The van der Waals surface area contributed by atoms with Gasteiger partial charge in [-0.1, -0.05) is 6.07 Å². The van der Waals surface area contributed by atoms with Gasteiger partial charge in [0.2, 0.25) is 5.91 Å². The molecule has 0 atom stereocenters. The number of nitrogens with zero attached hydrogens (tertiary/aromatic N) is 2. The second-order valence-electron chi connectivity index (χ2n) is 5.14. The van der Waals surface area contributed by atoms with Crippen molar-refractivity contribution in [2.75, 3.05) is 12.4 Å². The number of hydrogen-bond acceptors (Lipinski definition) is 4. The van der Waals surface area contributed by atoms with Crippen LogP contribution < -0.4 is 16.0 Å². The Balaban J connectivity index is 1.68. The first-order valence-corrected chi connectivity index (χ1v) is 7.02. The number of carbonyl (C=O) groups is 2. The summed E-state index contributed by atoms with van der Waals surface area (Å²) >= 11 is 0. The fourth-order valence-corrected chi connectivity index (χ4v) is 2.38. The van der Waals surface area contributed by atoms with Crippen LogP contribution in [0.1, 0.15) is 21.5 Å². The Labute approximate surface area is 127 Å². The van der Waals surface area contributed by atoms with Crippen LogP contribution in [0.5, 0.6) is 0 Å². The van der Waals surface area contributed by atoms with Gasteiger partial charge in [-0.05, 0) is 23.3 Å². The molecule has 22 heavy (non-hydrogen) atoms. The summed E-state index contributed by atoms with van der Waals surface area (Å²) in [6.07, 6.45) is 3.15. The maximum Gasteiger partial charge on any atom is 0.255 e. The molecule has 2 aromatic rings. The average molecular weight is 299 g/mol. The molecule has 0 bridgehead atoms. The Morgan fingerprint density at radius 3 is 2.95 bits per heavy atom. The fraction of sp³-hybridized carbons (Fsp3) is 0.267. The zero-order valence-corrected chi connectivity index (χ0v) is 12.2. The normalized spacial score (nSPS) is 12.8. The number of nitrogens with one attached hydrogen (secondary N) is 3. The van der Waals surface area contributed by atoms with Crippen molar-refractivity contribution >= 4 is 17.5 Å². The first-order valence-electron chi connectivity index (χ1n) is 7.02. The van der Waals surface area contributed by atoms with Crippen LogP contribution in [0, 0.1) is 0 Å². The van der Waals surface area contributed by atoms with E-state index in [9.17, 15) is 9.59 Å². The minimum absolute atomic E-state index is 0.122. The molecule has 0 spiro atoms.